The first-order valence-corrected chi connectivity index (χ1v) is 7.30. The third kappa shape index (κ3) is 3.98. The Hall–Kier alpha value is -2.51. The number of nitro groups is 1. The molecule has 1 N–H and O–H groups in total. The van der Waals surface area contributed by atoms with Gasteiger partial charge in [0.1, 0.15) is 0 Å². The molecule has 2 rings (SSSR count). The fourth-order valence-corrected chi connectivity index (χ4v) is 2.21. The quantitative estimate of drug-likeness (QED) is 0.405. The molecule has 0 aliphatic rings. The molecule has 7 heteroatoms. The summed E-state index contributed by atoms with van der Waals surface area (Å²) in [6.07, 6.45) is 3.34. The molecule has 0 fully saturated rings. The number of hydrogen-bond acceptors (Lipinski definition) is 4. The van der Waals surface area contributed by atoms with E-state index in [-0.39, 0.29) is 10.6 Å². The van der Waals surface area contributed by atoms with E-state index in [1.165, 1.54) is 30.3 Å². The molecule has 0 radical (unpaired) electrons. The zero-order valence-electron chi connectivity index (χ0n) is 10.7. The van der Waals surface area contributed by atoms with Crippen LogP contribution in [0.2, 0.25) is 0 Å². The van der Waals surface area contributed by atoms with Crippen molar-refractivity contribution in [2.45, 2.75) is 4.90 Å². The third-order valence-corrected chi connectivity index (χ3v) is 3.58. The van der Waals surface area contributed by atoms with Gasteiger partial charge in [-0.25, -0.2) is 0 Å². The fraction of sp³-hybridized carbons (Fsp3) is 0. The maximum Gasteiger partial charge on any atom is 0.294 e. The van der Waals surface area contributed by atoms with E-state index in [1.54, 1.807) is 30.4 Å². The molecule has 0 atom stereocenters. The molecule has 0 saturated heterocycles. The van der Waals surface area contributed by atoms with Crippen molar-refractivity contribution in [2.24, 2.45) is 0 Å². The Bertz CT molecular complexity index is 794. The summed E-state index contributed by atoms with van der Waals surface area (Å²) in [5.74, 6) is 0. The highest BCUT2D eigenvalue weighted by Crippen LogP contribution is 2.16. The molecule has 0 aliphatic heterocycles. The molecule has 21 heavy (non-hydrogen) atoms. The van der Waals surface area contributed by atoms with Crippen molar-refractivity contribution < 1.29 is 17.9 Å². The molecular formula is C14H11NO5S. The molecule has 108 valence electrons. The van der Waals surface area contributed by atoms with Crippen LogP contribution in [-0.2, 0) is 10.1 Å². The van der Waals surface area contributed by atoms with E-state index in [4.69, 9.17) is 4.55 Å². The second-order valence-corrected chi connectivity index (χ2v) is 5.65. The van der Waals surface area contributed by atoms with Crippen molar-refractivity contribution in [3.8, 4) is 0 Å². The van der Waals surface area contributed by atoms with Gasteiger partial charge in [-0.2, -0.15) is 8.42 Å². The largest absolute Gasteiger partial charge is 0.294 e. The summed E-state index contributed by atoms with van der Waals surface area (Å²) in [6, 6.07) is 11.7. The molecule has 0 aliphatic carbocycles. The van der Waals surface area contributed by atoms with Gasteiger partial charge >= 0.3 is 0 Å². The Labute approximate surface area is 121 Å². The summed E-state index contributed by atoms with van der Waals surface area (Å²) in [4.78, 5) is 9.86. The number of benzene rings is 2. The van der Waals surface area contributed by atoms with Gasteiger partial charge in [-0.3, -0.25) is 14.7 Å². The van der Waals surface area contributed by atoms with E-state index < -0.39 is 15.0 Å². The normalized spacial score (nSPS) is 11.7. The molecule has 0 aromatic heterocycles. The lowest BCUT2D eigenvalue weighted by Gasteiger charge is -1.99. The van der Waals surface area contributed by atoms with Crippen LogP contribution in [0.25, 0.3) is 12.2 Å². The maximum atomic E-state index is 11.0. The van der Waals surface area contributed by atoms with E-state index in [1.807, 2.05) is 0 Å². The van der Waals surface area contributed by atoms with E-state index in [0.717, 1.165) is 5.56 Å². The van der Waals surface area contributed by atoms with E-state index in [2.05, 4.69) is 0 Å². The molecule has 0 spiro atoms. The number of nitro benzene ring substituents is 1. The number of non-ortho nitro benzene ring substituents is 1. The predicted octanol–water partition coefficient (Wildman–Crippen LogP) is 3.01. The van der Waals surface area contributed by atoms with Gasteiger partial charge < -0.3 is 0 Å². The zero-order valence-corrected chi connectivity index (χ0v) is 11.5. The predicted molar refractivity (Wildman–Crippen MR) is 78.3 cm³/mol. The molecule has 0 unspecified atom stereocenters. The van der Waals surface area contributed by atoms with Gasteiger partial charge in [-0.05, 0) is 35.4 Å². The highest BCUT2D eigenvalue weighted by Gasteiger charge is 2.08. The van der Waals surface area contributed by atoms with Crippen LogP contribution in [0.3, 0.4) is 0 Å². The first-order chi connectivity index (χ1) is 9.86. The van der Waals surface area contributed by atoms with Gasteiger partial charge in [-0.15, -0.1) is 0 Å². The molecule has 0 bridgehead atoms. The van der Waals surface area contributed by atoms with Crippen LogP contribution in [0.1, 0.15) is 11.1 Å². The Morgan fingerprint density at radius 1 is 1.00 bits per heavy atom. The Morgan fingerprint density at radius 3 is 2.19 bits per heavy atom. The van der Waals surface area contributed by atoms with E-state index in [9.17, 15) is 18.5 Å². The van der Waals surface area contributed by atoms with Crippen molar-refractivity contribution in [1.29, 1.82) is 0 Å². The standard InChI is InChI=1S/C14H11NO5S/c16-15(17)13-8-6-11(7-9-13)4-5-12-2-1-3-14(10-12)21(18,19)20/h1-10H,(H,18,19,20). The monoisotopic (exact) mass is 305 g/mol. The average Bonchev–Trinajstić information content (AvgIpc) is 2.45. The van der Waals surface area contributed by atoms with Crippen LogP contribution in [-0.4, -0.2) is 17.9 Å². The molecule has 0 heterocycles. The highest BCUT2D eigenvalue weighted by atomic mass is 32.2. The number of hydrogen-bond donors (Lipinski definition) is 1. The lowest BCUT2D eigenvalue weighted by molar-refractivity contribution is -0.384. The number of rotatable bonds is 4. The van der Waals surface area contributed by atoms with Crippen molar-refractivity contribution in [3.05, 3.63) is 69.8 Å². The van der Waals surface area contributed by atoms with Crippen molar-refractivity contribution in [2.75, 3.05) is 0 Å². The summed E-state index contributed by atoms with van der Waals surface area (Å²) in [6.45, 7) is 0. The molecular weight excluding hydrogens is 294 g/mol. The highest BCUT2D eigenvalue weighted by molar-refractivity contribution is 7.85. The van der Waals surface area contributed by atoms with Gasteiger partial charge in [-0.1, -0.05) is 24.3 Å². The minimum atomic E-state index is -4.23. The SMILES string of the molecule is O=[N+]([O-])c1ccc(C=Cc2cccc(S(=O)(=O)O)c2)cc1. The molecule has 6 nitrogen and oxygen atoms in total. The second kappa shape index (κ2) is 5.86. The third-order valence-electron chi connectivity index (χ3n) is 2.73. The first-order valence-electron chi connectivity index (χ1n) is 5.86. The van der Waals surface area contributed by atoms with Crippen molar-refractivity contribution in [3.63, 3.8) is 0 Å². The van der Waals surface area contributed by atoms with Crippen LogP contribution in [0.4, 0.5) is 5.69 Å². The van der Waals surface area contributed by atoms with Gasteiger partial charge in [0.2, 0.25) is 0 Å². The minimum Gasteiger partial charge on any atom is -0.282 e. The van der Waals surface area contributed by atoms with E-state index in [0.29, 0.717) is 5.56 Å². The Balaban J connectivity index is 2.23. The Kier molecular flexibility index (Phi) is 4.15. The Morgan fingerprint density at radius 2 is 1.62 bits per heavy atom. The maximum absolute atomic E-state index is 11.0. The molecule has 2 aromatic rings. The summed E-state index contributed by atoms with van der Waals surface area (Å²) in [7, 11) is -4.23. The van der Waals surface area contributed by atoms with Crippen LogP contribution in [0.15, 0.2) is 53.4 Å². The van der Waals surface area contributed by atoms with Gasteiger partial charge in [0.15, 0.2) is 0 Å². The lowest BCUT2D eigenvalue weighted by atomic mass is 10.1. The lowest BCUT2D eigenvalue weighted by Crippen LogP contribution is -1.97. The molecule has 0 amide bonds. The summed E-state index contributed by atoms with van der Waals surface area (Å²) in [5.41, 5.74) is 1.32. The zero-order chi connectivity index (χ0) is 15.5. The molecule has 0 saturated carbocycles. The van der Waals surface area contributed by atoms with Gasteiger partial charge in [0.05, 0.1) is 9.82 Å². The smallest absolute Gasteiger partial charge is 0.282 e. The molecule has 2 aromatic carbocycles. The van der Waals surface area contributed by atoms with Crippen LogP contribution < -0.4 is 0 Å². The van der Waals surface area contributed by atoms with Crippen LogP contribution in [0.5, 0.6) is 0 Å². The first kappa shape index (κ1) is 14.9. The van der Waals surface area contributed by atoms with Crippen molar-refractivity contribution in [1.82, 2.24) is 0 Å². The second-order valence-electron chi connectivity index (χ2n) is 4.23. The minimum absolute atomic E-state index is 0.000483. The van der Waals surface area contributed by atoms with Crippen LogP contribution >= 0.6 is 0 Å². The summed E-state index contributed by atoms with van der Waals surface area (Å²) in [5, 5.41) is 10.5. The summed E-state index contributed by atoms with van der Waals surface area (Å²) < 4.78 is 31.0. The van der Waals surface area contributed by atoms with Crippen molar-refractivity contribution >= 4 is 28.0 Å². The topological polar surface area (TPSA) is 97.5 Å². The average molecular weight is 305 g/mol. The van der Waals surface area contributed by atoms with Gasteiger partial charge in [0.25, 0.3) is 15.8 Å². The number of nitrogens with zero attached hydrogens (tertiary/aromatic N) is 1. The summed E-state index contributed by atoms with van der Waals surface area (Å²) >= 11 is 0. The van der Waals surface area contributed by atoms with Crippen LogP contribution in [0, 0.1) is 10.1 Å². The van der Waals surface area contributed by atoms with E-state index >= 15 is 0 Å². The van der Waals surface area contributed by atoms with Gasteiger partial charge in [0, 0.05) is 12.1 Å². The fourth-order valence-electron chi connectivity index (χ4n) is 1.68.